The summed E-state index contributed by atoms with van der Waals surface area (Å²) in [7, 11) is 3.86. The average molecular weight is 382 g/mol. The highest BCUT2D eigenvalue weighted by Gasteiger charge is 2.30. The summed E-state index contributed by atoms with van der Waals surface area (Å²) >= 11 is 0. The van der Waals surface area contributed by atoms with Crippen LogP contribution in [0.2, 0.25) is 0 Å². The molecule has 0 saturated heterocycles. The molecule has 4 rings (SSSR count). The van der Waals surface area contributed by atoms with Gasteiger partial charge in [-0.25, -0.2) is 9.97 Å². The van der Waals surface area contributed by atoms with Gasteiger partial charge in [0.05, 0.1) is 16.6 Å². The third-order valence-corrected chi connectivity index (χ3v) is 4.51. The van der Waals surface area contributed by atoms with Gasteiger partial charge in [0.1, 0.15) is 11.6 Å². The van der Waals surface area contributed by atoms with Crippen molar-refractivity contribution in [2.24, 2.45) is 0 Å². The van der Waals surface area contributed by atoms with Crippen molar-refractivity contribution in [1.82, 2.24) is 15.0 Å². The summed E-state index contributed by atoms with van der Waals surface area (Å²) in [6.45, 7) is 0. The van der Waals surface area contributed by atoms with E-state index in [9.17, 15) is 13.2 Å². The molecule has 0 saturated carbocycles. The molecule has 0 fully saturated rings. The van der Waals surface area contributed by atoms with Crippen molar-refractivity contribution in [3.8, 4) is 22.5 Å². The Morgan fingerprint density at radius 1 is 0.857 bits per heavy atom. The Hall–Kier alpha value is -3.35. The van der Waals surface area contributed by atoms with Crippen LogP contribution in [0.4, 0.5) is 19.0 Å². The summed E-state index contributed by atoms with van der Waals surface area (Å²) in [5, 5.41) is 0. The fraction of sp³-hybridized carbons (Fsp3) is 0.143. The largest absolute Gasteiger partial charge is 0.416 e. The maximum absolute atomic E-state index is 12.9. The molecule has 0 radical (unpaired) electrons. The van der Waals surface area contributed by atoms with Crippen LogP contribution < -0.4 is 4.90 Å². The molecule has 4 aromatic rings. The number of aromatic amines is 1. The van der Waals surface area contributed by atoms with Crippen molar-refractivity contribution in [2.75, 3.05) is 19.0 Å². The van der Waals surface area contributed by atoms with Crippen LogP contribution in [-0.2, 0) is 6.18 Å². The summed E-state index contributed by atoms with van der Waals surface area (Å²) in [6.07, 6.45) is -2.57. The molecule has 0 atom stereocenters. The summed E-state index contributed by atoms with van der Waals surface area (Å²) in [5.74, 6) is 1.41. The Labute approximate surface area is 159 Å². The van der Waals surface area contributed by atoms with E-state index in [0.29, 0.717) is 11.3 Å². The van der Waals surface area contributed by atoms with Gasteiger partial charge in [-0.2, -0.15) is 13.2 Å². The lowest BCUT2D eigenvalue weighted by molar-refractivity contribution is -0.137. The Bertz CT molecular complexity index is 1110. The predicted octanol–water partition coefficient (Wildman–Crippen LogP) is 5.38. The first-order chi connectivity index (χ1) is 13.3. The zero-order valence-electron chi connectivity index (χ0n) is 15.2. The third-order valence-electron chi connectivity index (χ3n) is 4.51. The minimum Gasteiger partial charge on any atom is -0.363 e. The Kier molecular flexibility index (Phi) is 4.30. The SMILES string of the molecule is CN(C)c1ccc(-c2ccc(-c3nc4cc(C(F)(F)F)ccc4[nH]3)cc2)cn1. The van der Waals surface area contributed by atoms with Crippen LogP contribution in [0.25, 0.3) is 33.5 Å². The molecular weight excluding hydrogens is 365 g/mol. The zero-order chi connectivity index (χ0) is 19.9. The lowest BCUT2D eigenvalue weighted by Gasteiger charge is -2.11. The van der Waals surface area contributed by atoms with E-state index in [1.165, 1.54) is 6.07 Å². The predicted molar refractivity (Wildman–Crippen MR) is 104 cm³/mol. The molecule has 0 spiro atoms. The smallest absolute Gasteiger partial charge is 0.363 e. The molecule has 2 heterocycles. The number of rotatable bonds is 3. The summed E-state index contributed by atoms with van der Waals surface area (Å²) < 4.78 is 38.6. The minimum absolute atomic E-state index is 0.289. The fourth-order valence-corrected chi connectivity index (χ4v) is 2.96. The second-order valence-corrected chi connectivity index (χ2v) is 6.69. The van der Waals surface area contributed by atoms with Crippen LogP contribution in [0.3, 0.4) is 0 Å². The molecule has 2 aromatic heterocycles. The van der Waals surface area contributed by atoms with Crippen LogP contribution in [0.1, 0.15) is 5.56 Å². The fourth-order valence-electron chi connectivity index (χ4n) is 2.96. The van der Waals surface area contributed by atoms with E-state index in [-0.39, 0.29) is 5.52 Å². The molecule has 142 valence electrons. The van der Waals surface area contributed by atoms with Gasteiger partial charge in [-0.3, -0.25) is 0 Å². The van der Waals surface area contributed by atoms with E-state index in [2.05, 4.69) is 15.0 Å². The van der Waals surface area contributed by atoms with Crippen molar-refractivity contribution in [2.45, 2.75) is 6.18 Å². The highest BCUT2D eigenvalue weighted by atomic mass is 19.4. The first-order valence-electron chi connectivity index (χ1n) is 8.62. The molecule has 0 bridgehead atoms. The number of fused-ring (bicyclic) bond motifs is 1. The number of aromatic nitrogens is 3. The molecule has 0 amide bonds. The molecular formula is C21H17F3N4. The molecule has 7 heteroatoms. The number of nitrogens with zero attached hydrogens (tertiary/aromatic N) is 3. The van der Waals surface area contributed by atoms with Crippen LogP contribution in [0.5, 0.6) is 0 Å². The number of imidazole rings is 1. The van der Waals surface area contributed by atoms with E-state index in [1.54, 1.807) is 0 Å². The van der Waals surface area contributed by atoms with Gasteiger partial charge in [0.2, 0.25) is 0 Å². The number of H-pyrrole nitrogens is 1. The first kappa shape index (κ1) is 18.0. The van der Waals surface area contributed by atoms with Crippen molar-refractivity contribution >= 4 is 16.9 Å². The number of alkyl halides is 3. The van der Waals surface area contributed by atoms with Crippen LogP contribution in [0.15, 0.2) is 60.8 Å². The molecule has 0 aliphatic carbocycles. The summed E-state index contributed by atoms with van der Waals surface area (Å²) in [4.78, 5) is 13.7. The van der Waals surface area contributed by atoms with E-state index < -0.39 is 11.7 Å². The number of hydrogen-bond acceptors (Lipinski definition) is 3. The van der Waals surface area contributed by atoms with E-state index in [1.807, 2.05) is 61.6 Å². The molecule has 0 aliphatic heterocycles. The van der Waals surface area contributed by atoms with Crippen molar-refractivity contribution in [1.29, 1.82) is 0 Å². The molecule has 1 N–H and O–H groups in total. The van der Waals surface area contributed by atoms with Crippen molar-refractivity contribution < 1.29 is 13.2 Å². The number of benzene rings is 2. The summed E-state index contributed by atoms with van der Waals surface area (Å²) in [6, 6.07) is 15.1. The van der Waals surface area contributed by atoms with E-state index in [4.69, 9.17) is 0 Å². The highest BCUT2D eigenvalue weighted by molar-refractivity contribution is 5.80. The lowest BCUT2D eigenvalue weighted by atomic mass is 10.1. The number of hydrogen-bond donors (Lipinski definition) is 1. The Morgan fingerprint density at radius 2 is 1.54 bits per heavy atom. The normalized spacial score (nSPS) is 11.8. The Balaban J connectivity index is 1.63. The summed E-state index contributed by atoms with van der Waals surface area (Å²) in [5.41, 5.74) is 2.93. The van der Waals surface area contributed by atoms with Crippen LogP contribution >= 0.6 is 0 Å². The lowest BCUT2D eigenvalue weighted by Crippen LogP contribution is -2.09. The molecule has 0 unspecified atom stereocenters. The maximum atomic E-state index is 12.9. The Morgan fingerprint density at radius 3 is 2.14 bits per heavy atom. The second-order valence-electron chi connectivity index (χ2n) is 6.69. The minimum atomic E-state index is -4.38. The average Bonchev–Trinajstić information content (AvgIpc) is 3.11. The van der Waals surface area contributed by atoms with Gasteiger partial charge < -0.3 is 9.88 Å². The topological polar surface area (TPSA) is 44.8 Å². The molecule has 2 aromatic carbocycles. The first-order valence-corrected chi connectivity index (χ1v) is 8.62. The second kappa shape index (κ2) is 6.67. The number of anilines is 1. The zero-order valence-corrected chi connectivity index (χ0v) is 15.2. The van der Waals surface area contributed by atoms with Crippen LogP contribution in [-0.4, -0.2) is 29.0 Å². The third kappa shape index (κ3) is 3.43. The van der Waals surface area contributed by atoms with Crippen molar-refractivity contribution in [3.05, 3.63) is 66.4 Å². The highest BCUT2D eigenvalue weighted by Crippen LogP contribution is 2.32. The number of pyridine rings is 1. The van der Waals surface area contributed by atoms with Gasteiger partial charge in [-0.05, 0) is 35.9 Å². The molecule has 28 heavy (non-hydrogen) atoms. The van der Waals surface area contributed by atoms with Crippen molar-refractivity contribution in [3.63, 3.8) is 0 Å². The van der Waals surface area contributed by atoms with E-state index in [0.717, 1.165) is 34.6 Å². The maximum Gasteiger partial charge on any atom is 0.416 e. The van der Waals surface area contributed by atoms with Crippen LogP contribution in [0, 0.1) is 0 Å². The van der Waals surface area contributed by atoms with E-state index >= 15 is 0 Å². The van der Waals surface area contributed by atoms with Gasteiger partial charge in [0, 0.05) is 31.4 Å². The standard InChI is InChI=1S/C21H17F3N4/c1-28(2)19-10-7-15(12-25-19)13-3-5-14(6-4-13)20-26-17-9-8-16(21(22,23)24)11-18(17)27-20/h3-12H,1-2H3,(H,26,27). The number of halogens is 3. The van der Waals surface area contributed by atoms with Gasteiger partial charge in [0.15, 0.2) is 0 Å². The molecule has 0 aliphatic rings. The monoisotopic (exact) mass is 382 g/mol. The van der Waals surface area contributed by atoms with Gasteiger partial charge in [0.25, 0.3) is 0 Å². The van der Waals surface area contributed by atoms with Gasteiger partial charge >= 0.3 is 6.18 Å². The number of nitrogens with one attached hydrogen (secondary N) is 1. The quantitative estimate of drug-likeness (QED) is 0.518. The van der Waals surface area contributed by atoms with Gasteiger partial charge in [-0.15, -0.1) is 0 Å². The van der Waals surface area contributed by atoms with Gasteiger partial charge in [-0.1, -0.05) is 24.3 Å². The molecule has 4 nitrogen and oxygen atoms in total.